The van der Waals surface area contributed by atoms with Crippen LogP contribution in [0.25, 0.3) is 0 Å². The van der Waals surface area contributed by atoms with E-state index >= 15 is 0 Å². The molecule has 0 atom stereocenters. The first-order valence-electron chi connectivity index (χ1n) is 7.70. The molecule has 3 nitrogen and oxygen atoms in total. The summed E-state index contributed by atoms with van der Waals surface area (Å²) in [5.74, 6) is 0. The maximum atomic E-state index is 5.34. The standard InChI is InChI=1S/C16H25N3S/c1-14-8-3-4-9-15(14)18-16(20)17-10-7-13-19-11-5-2-6-12-19/h3-4,8-9H,2,5-7,10-13H2,1H3,(H2,17,18,20)/p+1. The lowest BCUT2D eigenvalue weighted by Gasteiger charge is -2.23. The van der Waals surface area contributed by atoms with Gasteiger partial charge in [0.25, 0.3) is 0 Å². The van der Waals surface area contributed by atoms with Crippen LogP contribution in [0.2, 0.25) is 0 Å². The summed E-state index contributed by atoms with van der Waals surface area (Å²) in [6, 6.07) is 8.21. The molecule has 3 N–H and O–H groups in total. The molecule has 110 valence electrons. The summed E-state index contributed by atoms with van der Waals surface area (Å²) in [5, 5.41) is 7.30. The van der Waals surface area contributed by atoms with Gasteiger partial charge in [0.2, 0.25) is 0 Å². The number of rotatable bonds is 5. The van der Waals surface area contributed by atoms with Crippen molar-refractivity contribution in [1.82, 2.24) is 5.32 Å². The lowest BCUT2D eigenvalue weighted by Crippen LogP contribution is -3.12. The van der Waals surface area contributed by atoms with Crippen molar-refractivity contribution in [3.8, 4) is 0 Å². The molecule has 0 amide bonds. The van der Waals surface area contributed by atoms with E-state index < -0.39 is 0 Å². The number of para-hydroxylation sites is 1. The zero-order valence-corrected chi connectivity index (χ0v) is 13.2. The molecule has 0 radical (unpaired) electrons. The van der Waals surface area contributed by atoms with Crippen molar-refractivity contribution in [1.29, 1.82) is 0 Å². The lowest BCUT2D eigenvalue weighted by atomic mass is 10.1. The Balaban J connectivity index is 1.61. The molecule has 1 aromatic carbocycles. The van der Waals surface area contributed by atoms with Crippen LogP contribution in [-0.4, -0.2) is 31.3 Å². The first kappa shape index (κ1) is 15.3. The fraction of sp³-hybridized carbons (Fsp3) is 0.562. The first-order valence-corrected chi connectivity index (χ1v) is 8.10. The predicted octanol–water partition coefficient (Wildman–Crippen LogP) is 1.74. The molecule has 0 aromatic heterocycles. The van der Waals surface area contributed by atoms with Gasteiger partial charge in [-0.15, -0.1) is 0 Å². The van der Waals surface area contributed by atoms with Gasteiger partial charge in [-0.1, -0.05) is 18.2 Å². The van der Waals surface area contributed by atoms with E-state index in [0.29, 0.717) is 0 Å². The highest BCUT2D eigenvalue weighted by atomic mass is 32.1. The number of aryl methyl sites for hydroxylation is 1. The number of benzene rings is 1. The summed E-state index contributed by atoms with van der Waals surface area (Å²) in [4.78, 5) is 1.76. The molecule has 1 heterocycles. The zero-order valence-electron chi connectivity index (χ0n) is 12.4. The molecule has 0 unspecified atom stereocenters. The number of nitrogens with one attached hydrogen (secondary N) is 3. The molecule has 0 saturated carbocycles. The number of hydrogen-bond acceptors (Lipinski definition) is 1. The van der Waals surface area contributed by atoms with Gasteiger partial charge in [-0.25, -0.2) is 0 Å². The molecule has 0 bridgehead atoms. The average molecular weight is 292 g/mol. The van der Waals surface area contributed by atoms with E-state index in [1.54, 1.807) is 4.90 Å². The van der Waals surface area contributed by atoms with Crippen molar-refractivity contribution in [3.05, 3.63) is 29.8 Å². The highest BCUT2D eigenvalue weighted by molar-refractivity contribution is 7.80. The van der Waals surface area contributed by atoms with E-state index in [0.717, 1.165) is 17.3 Å². The summed E-state index contributed by atoms with van der Waals surface area (Å²) in [5.41, 5.74) is 2.31. The molecule has 0 spiro atoms. The van der Waals surface area contributed by atoms with E-state index in [2.05, 4.69) is 29.7 Å². The van der Waals surface area contributed by atoms with Crippen LogP contribution in [-0.2, 0) is 0 Å². The average Bonchev–Trinajstić information content (AvgIpc) is 2.47. The molecule has 0 aliphatic carbocycles. The fourth-order valence-corrected chi connectivity index (χ4v) is 2.93. The van der Waals surface area contributed by atoms with Gasteiger partial charge in [0, 0.05) is 18.7 Å². The van der Waals surface area contributed by atoms with Gasteiger partial charge in [-0.2, -0.15) is 0 Å². The topological polar surface area (TPSA) is 28.5 Å². The van der Waals surface area contributed by atoms with Gasteiger partial charge in [-0.05, 0) is 50.0 Å². The van der Waals surface area contributed by atoms with Gasteiger partial charge in [0.1, 0.15) is 0 Å². The SMILES string of the molecule is Cc1ccccc1NC(=S)NCCC[NH+]1CCCCC1. The summed E-state index contributed by atoms with van der Waals surface area (Å²) in [7, 11) is 0. The Bertz CT molecular complexity index is 427. The summed E-state index contributed by atoms with van der Waals surface area (Å²) in [6.07, 6.45) is 5.41. The van der Waals surface area contributed by atoms with E-state index in [1.807, 2.05) is 12.1 Å². The van der Waals surface area contributed by atoms with Crippen LogP contribution in [0, 0.1) is 6.92 Å². The van der Waals surface area contributed by atoms with Gasteiger partial charge >= 0.3 is 0 Å². The summed E-state index contributed by atoms with van der Waals surface area (Å²) in [6.45, 7) is 7.02. The molecule has 20 heavy (non-hydrogen) atoms. The molecule has 1 aromatic rings. The highest BCUT2D eigenvalue weighted by Crippen LogP contribution is 2.12. The summed E-state index contributed by atoms with van der Waals surface area (Å²) < 4.78 is 0. The monoisotopic (exact) mass is 292 g/mol. The summed E-state index contributed by atoms with van der Waals surface area (Å²) >= 11 is 5.34. The van der Waals surface area contributed by atoms with Crippen LogP contribution >= 0.6 is 12.2 Å². The number of thiocarbonyl (C=S) groups is 1. The van der Waals surface area contributed by atoms with Crippen LogP contribution in [0.1, 0.15) is 31.2 Å². The number of quaternary nitrogens is 1. The van der Waals surface area contributed by atoms with Crippen LogP contribution < -0.4 is 15.5 Å². The van der Waals surface area contributed by atoms with Crippen molar-refractivity contribution in [2.24, 2.45) is 0 Å². The van der Waals surface area contributed by atoms with Crippen molar-refractivity contribution >= 4 is 23.0 Å². The van der Waals surface area contributed by atoms with E-state index in [4.69, 9.17) is 12.2 Å². The lowest BCUT2D eigenvalue weighted by molar-refractivity contribution is -0.904. The number of anilines is 1. The quantitative estimate of drug-likeness (QED) is 0.570. The van der Waals surface area contributed by atoms with E-state index in [-0.39, 0.29) is 0 Å². The molecular weight excluding hydrogens is 266 g/mol. The fourth-order valence-electron chi connectivity index (χ4n) is 2.72. The van der Waals surface area contributed by atoms with Gasteiger partial charge < -0.3 is 15.5 Å². The van der Waals surface area contributed by atoms with Crippen molar-refractivity contribution < 1.29 is 4.90 Å². The third kappa shape index (κ3) is 5.10. The van der Waals surface area contributed by atoms with Crippen LogP contribution in [0.4, 0.5) is 5.69 Å². The minimum atomic E-state index is 0.730. The van der Waals surface area contributed by atoms with Crippen LogP contribution in [0.15, 0.2) is 24.3 Å². The van der Waals surface area contributed by atoms with E-state index in [9.17, 15) is 0 Å². The molecule has 4 heteroatoms. The van der Waals surface area contributed by atoms with Crippen LogP contribution in [0.3, 0.4) is 0 Å². The minimum absolute atomic E-state index is 0.730. The smallest absolute Gasteiger partial charge is 0.170 e. The second-order valence-electron chi connectivity index (χ2n) is 5.61. The molecular formula is C16H26N3S+. The third-order valence-electron chi connectivity index (χ3n) is 3.95. The Morgan fingerprint density at radius 3 is 2.70 bits per heavy atom. The Kier molecular flexibility index (Phi) is 6.27. The van der Waals surface area contributed by atoms with Gasteiger partial charge in [-0.3, -0.25) is 0 Å². The highest BCUT2D eigenvalue weighted by Gasteiger charge is 2.12. The molecule has 1 aliphatic heterocycles. The Morgan fingerprint density at radius 1 is 1.20 bits per heavy atom. The number of hydrogen-bond donors (Lipinski definition) is 3. The first-order chi connectivity index (χ1) is 9.75. The maximum absolute atomic E-state index is 5.34. The maximum Gasteiger partial charge on any atom is 0.170 e. The van der Waals surface area contributed by atoms with E-state index in [1.165, 1.54) is 50.9 Å². The Hall–Kier alpha value is -1.13. The molecule has 2 rings (SSSR count). The largest absolute Gasteiger partial charge is 0.362 e. The molecule has 1 fully saturated rings. The molecule has 1 saturated heterocycles. The molecule has 1 aliphatic rings. The van der Waals surface area contributed by atoms with Gasteiger partial charge in [0.15, 0.2) is 5.11 Å². The second-order valence-corrected chi connectivity index (χ2v) is 6.02. The normalized spacial score (nSPS) is 15.8. The second kappa shape index (κ2) is 8.22. The third-order valence-corrected chi connectivity index (χ3v) is 4.19. The Labute approximate surface area is 127 Å². The predicted molar refractivity (Wildman–Crippen MR) is 89.4 cm³/mol. The van der Waals surface area contributed by atoms with Crippen molar-refractivity contribution in [2.45, 2.75) is 32.6 Å². The van der Waals surface area contributed by atoms with Gasteiger partial charge in [0.05, 0.1) is 19.6 Å². The number of likely N-dealkylation sites (tertiary alicyclic amines) is 1. The minimum Gasteiger partial charge on any atom is -0.362 e. The zero-order chi connectivity index (χ0) is 14.2. The van der Waals surface area contributed by atoms with Crippen molar-refractivity contribution in [2.75, 3.05) is 31.5 Å². The van der Waals surface area contributed by atoms with Crippen LogP contribution in [0.5, 0.6) is 0 Å². The Morgan fingerprint density at radius 2 is 1.95 bits per heavy atom. The number of piperidine rings is 1. The van der Waals surface area contributed by atoms with Crippen molar-refractivity contribution in [3.63, 3.8) is 0 Å².